The Balaban J connectivity index is 1.55. The van der Waals surface area contributed by atoms with Gasteiger partial charge in [-0.15, -0.1) is 0 Å². The molecule has 2 atom stereocenters. The van der Waals surface area contributed by atoms with E-state index in [-0.39, 0.29) is 17.9 Å². The second-order valence-electron chi connectivity index (χ2n) is 12.5. The predicted molar refractivity (Wildman–Crippen MR) is 176 cm³/mol. The molecule has 0 spiro atoms. The van der Waals surface area contributed by atoms with E-state index in [4.69, 9.17) is 4.74 Å². The first-order valence-corrected chi connectivity index (χ1v) is 17.5. The standard InChI is InChI=1S/C35H62N4O4/c1-5-7-8-9-10-11-12-16-19-22-25-39(6-2)27-31(43-29(3)40)24-21-18-15-13-14-17-20-23-30-26-32(41)33-34(37-28-36-33)38(4)35(30)42/h26,28,31,35,42H,5-25,27H2,1-4H3,(H,36,37). The summed E-state index contributed by atoms with van der Waals surface area (Å²) in [4.78, 5) is 35.4. The number of esters is 1. The van der Waals surface area contributed by atoms with Crippen molar-refractivity contribution in [3.63, 3.8) is 0 Å². The molecule has 1 aliphatic rings. The summed E-state index contributed by atoms with van der Waals surface area (Å²) in [5.41, 5.74) is 1.19. The minimum atomic E-state index is -0.822. The van der Waals surface area contributed by atoms with E-state index in [2.05, 4.69) is 28.7 Å². The first-order valence-electron chi connectivity index (χ1n) is 17.5. The van der Waals surface area contributed by atoms with Gasteiger partial charge in [0.05, 0.1) is 6.33 Å². The number of ether oxygens (including phenoxy) is 1. The molecule has 0 saturated carbocycles. The number of nitrogens with one attached hydrogen (secondary N) is 1. The van der Waals surface area contributed by atoms with Crippen molar-refractivity contribution >= 4 is 17.6 Å². The van der Waals surface area contributed by atoms with Crippen LogP contribution in [-0.2, 0) is 9.53 Å². The molecule has 246 valence electrons. The monoisotopic (exact) mass is 602 g/mol. The number of aromatic nitrogens is 2. The molecule has 0 saturated heterocycles. The van der Waals surface area contributed by atoms with Crippen molar-refractivity contribution < 1.29 is 19.4 Å². The molecule has 8 nitrogen and oxygen atoms in total. The number of anilines is 1. The quantitative estimate of drug-likeness (QED) is 0.0865. The number of aromatic amines is 1. The fourth-order valence-corrected chi connectivity index (χ4v) is 6.11. The largest absolute Gasteiger partial charge is 0.461 e. The summed E-state index contributed by atoms with van der Waals surface area (Å²) in [7, 11) is 1.77. The summed E-state index contributed by atoms with van der Waals surface area (Å²) < 4.78 is 5.71. The van der Waals surface area contributed by atoms with Gasteiger partial charge in [0.15, 0.2) is 12.0 Å². The fourth-order valence-electron chi connectivity index (χ4n) is 6.11. The number of allylic oxidation sites excluding steroid dienone is 1. The molecule has 0 bridgehead atoms. The molecular formula is C35H62N4O4. The molecule has 0 aromatic carbocycles. The highest BCUT2D eigenvalue weighted by Crippen LogP contribution is 2.27. The van der Waals surface area contributed by atoms with E-state index < -0.39 is 6.23 Å². The molecule has 0 radical (unpaired) electrons. The Hall–Kier alpha value is -2.19. The molecular weight excluding hydrogens is 540 g/mol. The predicted octanol–water partition coefficient (Wildman–Crippen LogP) is 7.97. The number of hydrogen-bond donors (Lipinski definition) is 2. The number of ketones is 1. The SMILES string of the molecule is CCCCCCCCCCCCN(CC)CC(CCCCCCCCCC1=CC(=O)c2[nH]cnc2N(C)C1O)OC(C)=O. The van der Waals surface area contributed by atoms with Crippen LogP contribution >= 0.6 is 0 Å². The van der Waals surface area contributed by atoms with E-state index >= 15 is 0 Å². The van der Waals surface area contributed by atoms with Crippen molar-refractivity contribution in [3.05, 3.63) is 23.7 Å². The average Bonchev–Trinajstić information content (AvgIpc) is 3.46. The number of nitrogens with zero attached hydrogens (tertiary/aromatic N) is 3. The zero-order valence-corrected chi connectivity index (χ0v) is 27.9. The molecule has 0 fully saturated rings. The van der Waals surface area contributed by atoms with Gasteiger partial charge in [-0.05, 0) is 56.8 Å². The van der Waals surface area contributed by atoms with Crippen LogP contribution in [0.5, 0.6) is 0 Å². The first-order chi connectivity index (χ1) is 20.9. The molecule has 2 unspecified atom stereocenters. The summed E-state index contributed by atoms with van der Waals surface area (Å²) in [6.07, 6.45) is 25.1. The van der Waals surface area contributed by atoms with Crippen LogP contribution in [0.2, 0.25) is 0 Å². The lowest BCUT2D eigenvalue weighted by Gasteiger charge is -2.26. The molecule has 2 rings (SSSR count). The summed E-state index contributed by atoms with van der Waals surface area (Å²) in [5.74, 6) is 0.196. The lowest BCUT2D eigenvalue weighted by atomic mass is 10.0. The third kappa shape index (κ3) is 14.9. The minimum Gasteiger partial charge on any atom is -0.461 e. The zero-order chi connectivity index (χ0) is 31.3. The highest BCUT2D eigenvalue weighted by molar-refractivity contribution is 6.07. The molecule has 8 heteroatoms. The van der Waals surface area contributed by atoms with Crippen LogP contribution in [0.25, 0.3) is 0 Å². The summed E-state index contributed by atoms with van der Waals surface area (Å²) in [6, 6.07) is 0. The van der Waals surface area contributed by atoms with Crippen LogP contribution in [0.15, 0.2) is 18.0 Å². The van der Waals surface area contributed by atoms with Crippen molar-refractivity contribution in [1.82, 2.24) is 14.9 Å². The Morgan fingerprint density at radius 3 is 2.14 bits per heavy atom. The van der Waals surface area contributed by atoms with Gasteiger partial charge < -0.3 is 19.7 Å². The molecule has 2 heterocycles. The van der Waals surface area contributed by atoms with Crippen LogP contribution in [0, 0.1) is 0 Å². The summed E-state index contributed by atoms with van der Waals surface area (Å²) >= 11 is 0. The van der Waals surface area contributed by atoms with Crippen molar-refractivity contribution in [2.45, 2.75) is 155 Å². The van der Waals surface area contributed by atoms with E-state index in [0.717, 1.165) is 63.7 Å². The van der Waals surface area contributed by atoms with Crippen LogP contribution in [0.3, 0.4) is 0 Å². The molecule has 1 aromatic heterocycles. The number of aliphatic hydroxyl groups is 1. The second kappa shape index (κ2) is 22.3. The highest BCUT2D eigenvalue weighted by Gasteiger charge is 2.27. The number of carbonyl (C=O) groups is 2. The van der Waals surface area contributed by atoms with Crippen molar-refractivity contribution in [2.24, 2.45) is 0 Å². The highest BCUT2D eigenvalue weighted by atomic mass is 16.5. The van der Waals surface area contributed by atoms with E-state index in [9.17, 15) is 14.7 Å². The van der Waals surface area contributed by atoms with Crippen LogP contribution in [0.4, 0.5) is 5.82 Å². The molecule has 0 amide bonds. The fraction of sp³-hybridized carbons (Fsp3) is 0.800. The number of fused-ring (bicyclic) bond motifs is 1. The van der Waals surface area contributed by atoms with Crippen LogP contribution in [-0.4, -0.2) is 70.7 Å². The lowest BCUT2D eigenvalue weighted by molar-refractivity contribution is -0.147. The van der Waals surface area contributed by atoms with Crippen molar-refractivity contribution in [3.8, 4) is 0 Å². The normalized spacial score (nSPS) is 15.9. The van der Waals surface area contributed by atoms with Gasteiger partial charge in [-0.3, -0.25) is 14.5 Å². The Kier molecular flexibility index (Phi) is 19.2. The lowest BCUT2D eigenvalue weighted by Crippen LogP contribution is -2.35. The average molecular weight is 603 g/mol. The number of H-pyrrole nitrogens is 1. The molecule has 1 aromatic rings. The van der Waals surface area contributed by atoms with Crippen molar-refractivity contribution in [1.29, 1.82) is 0 Å². The number of rotatable bonds is 25. The number of likely N-dealkylation sites (N-methyl/N-ethyl adjacent to an activating group) is 2. The van der Waals surface area contributed by atoms with Gasteiger partial charge in [0.2, 0.25) is 5.78 Å². The van der Waals surface area contributed by atoms with Gasteiger partial charge in [-0.1, -0.05) is 104 Å². The maximum atomic E-state index is 12.5. The van der Waals surface area contributed by atoms with Gasteiger partial charge >= 0.3 is 5.97 Å². The number of carbonyl (C=O) groups excluding carboxylic acids is 2. The maximum Gasteiger partial charge on any atom is 0.302 e. The Bertz CT molecular complexity index is 931. The molecule has 2 N–H and O–H groups in total. The molecule has 1 aliphatic heterocycles. The third-order valence-corrected chi connectivity index (χ3v) is 8.78. The topological polar surface area (TPSA) is 98.8 Å². The van der Waals surface area contributed by atoms with Gasteiger partial charge in [0.25, 0.3) is 0 Å². The smallest absolute Gasteiger partial charge is 0.302 e. The summed E-state index contributed by atoms with van der Waals surface area (Å²) in [6.45, 7) is 8.93. The van der Waals surface area contributed by atoms with Crippen LogP contribution < -0.4 is 4.90 Å². The number of imidazole rings is 1. The number of hydrogen-bond acceptors (Lipinski definition) is 7. The first kappa shape index (κ1) is 37.0. The van der Waals surface area contributed by atoms with E-state index in [0.29, 0.717) is 17.9 Å². The zero-order valence-electron chi connectivity index (χ0n) is 27.9. The molecule has 43 heavy (non-hydrogen) atoms. The van der Waals surface area contributed by atoms with E-state index in [1.54, 1.807) is 18.0 Å². The van der Waals surface area contributed by atoms with Gasteiger partial charge in [-0.25, -0.2) is 4.98 Å². The minimum absolute atomic E-state index is 0.0163. The van der Waals surface area contributed by atoms with Crippen LogP contribution in [0.1, 0.15) is 153 Å². The summed E-state index contributed by atoms with van der Waals surface area (Å²) in [5, 5.41) is 10.7. The Morgan fingerprint density at radius 2 is 1.53 bits per heavy atom. The van der Waals surface area contributed by atoms with E-state index in [1.165, 1.54) is 90.3 Å². The number of aliphatic hydroxyl groups excluding tert-OH is 1. The van der Waals surface area contributed by atoms with Gasteiger partial charge in [0, 0.05) is 20.5 Å². The maximum absolute atomic E-state index is 12.5. The molecule has 0 aliphatic carbocycles. The van der Waals surface area contributed by atoms with Crippen molar-refractivity contribution in [2.75, 3.05) is 31.6 Å². The second-order valence-corrected chi connectivity index (χ2v) is 12.5. The van der Waals surface area contributed by atoms with Gasteiger partial charge in [0.1, 0.15) is 11.8 Å². The van der Waals surface area contributed by atoms with Gasteiger partial charge in [-0.2, -0.15) is 0 Å². The Morgan fingerprint density at radius 1 is 0.953 bits per heavy atom. The van der Waals surface area contributed by atoms with E-state index in [1.807, 2.05) is 0 Å². The Labute approximate surface area is 262 Å². The third-order valence-electron chi connectivity index (χ3n) is 8.78. The number of unbranched alkanes of at least 4 members (excludes halogenated alkanes) is 15.